The third kappa shape index (κ3) is 14.5. The van der Waals surface area contributed by atoms with Crippen LogP contribution < -0.4 is 0 Å². The first-order valence-electron chi connectivity index (χ1n) is 15.5. The van der Waals surface area contributed by atoms with Crippen LogP contribution >= 0.6 is 0 Å². The van der Waals surface area contributed by atoms with E-state index in [-0.39, 0.29) is 36.8 Å². The number of allylic oxidation sites excluding steroid dienone is 2. The number of benzene rings is 1. The van der Waals surface area contributed by atoms with Crippen LogP contribution in [-0.4, -0.2) is 82.1 Å². The minimum absolute atomic E-state index is 0.126. The van der Waals surface area contributed by atoms with Crippen LogP contribution in [0.3, 0.4) is 0 Å². The number of aryl methyl sites for hydroxylation is 1. The second-order valence-corrected chi connectivity index (χ2v) is 11.5. The van der Waals surface area contributed by atoms with Gasteiger partial charge in [0.05, 0.1) is 44.4 Å². The monoisotopic (exact) mass is 606 g/mol. The first kappa shape index (κ1) is 36.4. The van der Waals surface area contributed by atoms with E-state index in [1.165, 1.54) is 0 Å². The van der Waals surface area contributed by atoms with E-state index in [1.54, 1.807) is 0 Å². The van der Waals surface area contributed by atoms with E-state index in [0.29, 0.717) is 51.4 Å². The third-order valence-corrected chi connectivity index (χ3v) is 7.67. The fourth-order valence-electron chi connectivity index (χ4n) is 5.40. The quantitative estimate of drug-likeness (QED) is 0.0750. The Labute approximate surface area is 255 Å². The Hall–Kier alpha value is -2.79. The zero-order chi connectivity index (χ0) is 31.6. The summed E-state index contributed by atoms with van der Waals surface area (Å²) in [5.41, 5.74) is 1.10. The summed E-state index contributed by atoms with van der Waals surface area (Å²) in [5, 5.41) is 39.5. The molecule has 242 valence electrons. The molecule has 0 unspecified atom stereocenters. The van der Waals surface area contributed by atoms with Crippen molar-refractivity contribution in [3.05, 3.63) is 48.0 Å². The maximum absolute atomic E-state index is 12.6. The van der Waals surface area contributed by atoms with E-state index in [1.807, 2.05) is 56.3 Å². The first-order chi connectivity index (χ1) is 20.6. The molecule has 0 bridgehead atoms. The molecule has 1 fully saturated rings. The van der Waals surface area contributed by atoms with Crippen LogP contribution in [0.2, 0.25) is 0 Å². The van der Waals surface area contributed by atoms with Gasteiger partial charge >= 0.3 is 17.9 Å². The molecule has 0 saturated heterocycles. The van der Waals surface area contributed by atoms with Gasteiger partial charge in [-0.15, -0.1) is 0 Å². The highest BCUT2D eigenvalue weighted by atomic mass is 16.6. The third-order valence-electron chi connectivity index (χ3n) is 7.67. The van der Waals surface area contributed by atoms with Gasteiger partial charge in [-0.1, -0.05) is 42.5 Å². The van der Waals surface area contributed by atoms with E-state index in [0.717, 1.165) is 12.0 Å². The molecule has 1 saturated carbocycles. The predicted octanol–water partition coefficient (Wildman–Crippen LogP) is 3.41. The molecule has 1 aliphatic carbocycles. The van der Waals surface area contributed by atoms with Crippen molar-refractivity contribution in [2.75, 3.05) is 13.2 Å². The number of carbonyl (C=O) groups is 3. The molecule has 1 aromatic rings. The second-order valence-electron chi connectivity index (χ2n) is 11.5. The van der Waals surface area contributed by atoms with Crippen LogP contribution in [0.15, 0.2) is 42.5 Å². The molecule has 43 heavy (non-hydrogen) atoms. The van der Waals surface area contributed by atoms with Crippen LogP contribution in [0.5, 0.6) is 0 Å². The smallest absolute Gasteiger partial charge is 0.306 e. The van der Waals surface area contributed by atoms with Gasteiger partial charge in [-0.2, -0.15) is 0 Å². The molecule has 1 aromatic carbocycles. The molecule has 0 radical (unpaired) electrons. The fourth-order valence-corrected chi connectivity index (χ4v) is 5.40. The molecule has 0 aliphatic heterocycles. The fraction of sp³-hybridized carbons (Fsp3) is 0.667. The highest BCUT2D eigenvalue weighted by Gasteiger charge is 2.40. The Morgan fingerprint density at radius 3 is 2.05 bits per heavy atom. The van der Waals surface area contributed by atoms with Crippen molar-refractivity contribution in [2.24, 2.45) is 11.8 Å². The summed E-state index contributed by atoms with van der Waals surface area (Å²) in [5.74, 6) is -1.77. The Morgan fingerprint density at radius 2 is 1.42 bits per heavy atom. The van der Waals surface area contributed by atoms with Gasteiger partial charge in [-0.3, -0.25) is 14.4 Å². The van der Waals surface area contributed by atoms with Crippen LogP contribution in [0, 0.1) is 11.8 Å². The molecule has 0 heterocycles. The van der Waals surface area contributed by atoms with Gasteiger partial charge in [-0.25, -0.2) is 0 Å². The predicted molar refractivity (Wildman–Crippen MR) is 160 cm³/mol. The molecular weight excluding hydrogens is 556 g/mol. The maximum atomic E-state index is 12.6. The van der Waals surface area contributed by atoms with Crippen molar-refractivity contribution in [1.29, 1.82) is 0 Å². The SMILES string of the molecule is CC(C)OC(=O)CCC/C=C\C[C@@H]1[C@@H](CC[C@H](CCc2ccccc2)OC(=O)CCC(=O)OC(CO)CO)[C@H](O)C[C@@H]1O. The molecule has 5 atom stereocenters. The Morgan fingerprint density at radius 1 is 0.814 bits per heavy atom. The molecule has 0 spiro atoms. The Bertz CT molecular complexity index is 975. The van der Waals surface area contributed by atoms with Gasteiger partial charge in [0.1, 0.15) is 12.2 Å². The van der Waals surface area contributed by atoms with Gasteiger partial charge < -0.3 is 34.6 Å². The van der Waals surface area contributed by atoms with Gasteiger partial charge in [-0.05, 0) is 82.6 Å². The molecule has 0 amide bonds. The number of hydrogen-bond acceptors (Lipinski definition) is 10. The van der Waals surface area contributed by atoms with Gasteiger partial charge in [0.25, 0.3) is 0 Å². The lowest BCUT2D eigenvalue weighted by Crippen LogP contribution is -2.27. The minimum Gasteiger partial charge on any atom is -0.463 e. The molecule has 0 aromatic heterocycles. The molecule has 2 rings (SSSR count). The molecule has 10 nitrogen and oxygen atoms in total. The van der Waals surface area contributed by atoms with Crippen molar-refractivity contribution in [3.8, 4) is 0 Å². The maximum Gasteiger partial charge on any atom is 0.306 e. The number of rotatable bonds is 20. The minimum atomic E-state index is -1.02. The lowest BCUT2D eigenvalue weighted by Gasteiger charge is -2.25. The second kappa shape index (κ2) is 20.2. The zero-order valence-corrected chi connectivity index (χ0v) is 25.5. The molecular formula is C33H50O10. The summed E-state index contributed by atoms with van der Waals surface area (Å²) in [6.45, 7) is 2.61. The van der Waals surface area contributed by atoms with E-state index < -0.39 is 49.6 Å². The standard InChI is InChI=1S/C33H50O10/c1-23(2)41-31(38)13-9-4-3-8-12-27-28(30(37)20-29(27)36)17-16-25(15-14-24-10-6-5-7-11-24)42-32(39)18-19-33(40)43-26(21-34)22-35/h3,5-8,10-11,23,25-30,34-37H,4,9,12-22H2,1-2H3/b8-3-/t25-,27+,28+,29-,30+/m0/s1. The van der Waals surface area contributed by atoms with Crippen molar-refractivity contribution < 1.29 is 49.0 Å². The summed E-state index contributed by atoms with van der Waals surface area (Å²) in [6, 6.07) is 9.82. The van der Waals surface area contributed by atoms with Gasteiger partial charge in [0.2, 0.25) is 0 Å². The topological polar surface area (TPSA) is 160 Å². The average molecular weight is 607 g/mol. The molecule has 1 aliphatic rings. The van der Waals surface area contributed by atoms with E-state index in [4.69, 9.17) is 24.4 Å². The lowest BCUT2D eigenvalue weighted by molar-refractivity contribution is -0.158. The highest BCUT2D eigenvalue weighted by Crippen LogP contribution is 2.39. The van der Waals surface area contributed by atoms with Crippen LogP contribution in [0.25, 0.3) is 0 Å². The van der Waals surface area contributed by atoms with Gasteiger partial charge in [0.15, 0.2) is 0 Å². The number of aliphatic hydroxyl groups is 4. The van der Waals surface area contributed by atoms with E-state index in [2.05, 4.69) is 0 Å². The van der Waals surface area contributed by atoms with Gasteiger partial charge in [0, 0.05) is 6.42 Å². The highest BCUT2D eigenvalue weighted by molar-refractivity contribution is 5.77. The number of esters is 3. The van der Waals surface area contributed by atoms with E-state index in [9.17, 15) is 24.6 Å². The number of ether oxygens (including phenoxy) is 3. The van der Waals surface area contributed by atoms with Crippen LogP contribution in [0.1, 0.15) is 83.6 Å². The number of aliphatic hydroxyl groups excluding tert-OH is 4. The van der Waals surface area contributed by atoms with Crippen LogP contribution in [0.4, 0.5) is 0 Å². The van der Waals surface area contributed by atoms with Crippen LogP contribution in [-0.2, 0) is 35.0 Å². The number of unbranched alkanes of at least 4 members (excludes halogenated alkanes) is 1. The first-order valence-corrected chi connectivity index (χ1v) is 15.5. The summed E-state index contributed by atoms with van der Waals surface area (Å²) < 4.78 is 15.8. The normalized spacial score (nSPS) is 20.9. The lowest BCUT2D eigenvalue weighted by atomic mass is 9.85. The average Bonchev–Trinajstić information content (AvgIpc) is 3.25. The summed E-state index contributed by atoms with van der Waals surface area (Å²) in [7, 11) is 0. The largest absolute Gasteiger partial charge is 0.463 e. The molecule has 4 N–H and O–H groups in total. The number of hydrogen-bond donors (Lipinski definition) is 4. The zero-order valence-electron chi connectivity index (χ0n) is 25.5. The van der Waals surface area contributed by atoms with Crippen molar-refractivity contribution >= 4 is 17.9 Å². The summed E-state index contributed by atoms with van der Waals surface area (Å²) in [4.78, 5) is 36.3. The van der Waals surface area contributed by atoms with E-state index >= 15 is 0 Å². The Kier molecular flexibility index (Phi) is 17.1. The summed E-state index contributed by atoms with van der Waals surface area (Å²) in [6.07, 6.45) is 5.60. The van der Waals surface area contributed by atoms with Crippen molar-refractivity contribution in [3.63, 3.8) is 0 Å². The molecule has 10 heteroatoms. The number of carbonyl (C=O) groups excluding carboxylic acids is 3. The summed E-state index contributed by atoms with van der Waals surface area (Å²) >= 11 is 0. The Balaban J connectivity index is 1.92. The van der Waals surface area contributed by atoms with Crippen molar-refractivity contribution in [1.82, 2.24) is 0 Å². The van der Waals surface area contributed by atoms with Crippen molar-refractivity contribution in [2.45, 2.75) is 115 Å².